The number of ketones is 4. The lowest BCUT2D eigenvalue weighted by molar-refractivity contribution is -0.144. The predicted molar refractivity (Wildman–Crippen MR) is 264 cm³/mol. The lowest BCUT2D eigenvalue weighted by Crippen LogP contribution is -2.51. The number of carbonyl (C=O) groups is 12. The van der Waals surface area contributed by atoms with Crippen LogP contribution in [0.1, 0.15) is 102 Å². The number of anilines is 1. The summed E-state index contributed by atoms with van der Waals surface area (Å²) in [5.41, 5.74) is 23.8. The van der Waals surface area contributed by atoms with Crippen molar-refractivity contribution in [1.82, 2.24) is 26.2 Å². The number of carbonyl (C=O) groups excluding carboxylic acids is 12. The highest BCUT2D eigenvalue weighted by atomic mass is 16.3. The zero-order valence-electron chi connectivity index (χ0n) is 41.4. The van der Waals surface area contributed by atoms with E-state index in [0.717, 1.165) is 0 Å². The van der Waals surface area contributed by atoms with Crippen LogP contribution in [0, 0.1) is 29.6 Å². The number of Topliss-reactive ketones (excluding diaryl/α,β-unsaturated/α-hetero) is 4. The van der Waals surface area contributed by atoms with Gasteiger partial charge in [-0.15, -0.1) is 0 Å². The van der Waals surface area contributed by atoms with E-state index in [0.29, 0.717) is 29.7 Å². The summed E-state index contributed by atoms with van der Waals surface area (Å²) in [5, 5.41) is 20.1. The summed E-state index contributed by atoms with van der Waals surface area (Å²) in [5.74, 6) is -14.2. The predicted octanol–water partition coefficient (Wildman–Crippen LogP) is -0.280. The molecule has 2 aliphatic rings. The SMILES string of the molecule is CC[C@H](C)[C@@H]1NC(=O)[C@H](Cc2ccc(O)cc2)CC(=O)CNC(=O)CC[C@@H](C(=O)N2CCC[C@H]2C(=O)C[C@@H](Cc2ccc(N)cc2)C(=O)NCC(N)=O)CC(=O)[C@H](CC(N)=O)NC(=O)[C@H](CCC(N)=O)CC1=O. The molecule has 396 valence electrons. The minimum absolute atomic E-state index is 0.0122. The highest BCUT2D eigenvalue weighted by Crippen LogP contribution is 2.28. The van der Waals surface area contributed by atoms with Gasteiger partial charge in [0.05, 0.1) is 37.6 Å². The molecule has 0 aliphatic carbocycles. The molecule has 13 N–H and O–H groups in total. The van der Waals surface area contributed by atoms with Crippen molar-refractivity contribution in [2.75, 3.05) is 25.4 Å². The highest BCUT2D eigenvalue weighted by Gasteiger charge is 2.41. The van der Waals surface area contributed by atoms with E-state index >= 15 is 0 Å². The fourth-order valence-electron chi connectivity index (χ4n) is 9.10. The Hall–Kier alpha value is -7.52. The number of benzene rings is 2. The number of nitrogen functional groups attached to an aromatic ring is 1. The molecule has 2 aliphatic heterocycles. The molecule has 8 atom stereocenters. The summed E-state index contributed by atoms with van der Waals surface area (Å²) < 4.78 is 0. The summed E-state index contributed by atoms with van der Waals surface area (Å²) in [4.78, 5) is 163. The third-order valence-electron chi connectivity index (χ3n) is 13.4. The van der Waals surface area contributed by atoms with Gasteiger partial charge >= 0.3 is 0 Å². The molecule has 2 saturated heterocycles. The van der Waals surface area contributed by atoms with Gasteiger partial charge in [0.2, 0.25) is 47.3 Å². The molecular formula is C51H69N9O13. The second-order valence-corrected chi connectivity index (χ2v) is 19.2. The average molecular weight is 1020 g/mol. The molecule has 0 aromatic heterocycles. The molecule has 0 bridgehead atoms. The topological polar surface area (TPSA) is 381 Å². The van der Waals surface area contributed by atoms with E-state index in [1.54, 1.807) is 50.2 Å². The van der Waals surface area contributed by atoms with Crippen LogP contribution in [0.15, 0.2) is 48.5 Å². The number of phenolic OH excluding ortho intramolecular Hbond substituents is 1. The van der Waals surface area contributed by atoms with Gasteiger partial charge in [0, 0.05) is 74.4 Å². The third kappa shape index (κ3) is 18.6. The first-order chi connectivity index (χ1) is 34.5. The Bertz CT molecular complexity index is 2380. The van der Waals surface area contributed by atoms with Gasteiger partial charge in [0.1, 0.15) is 5.75 Å². The van der Waals surface area contributed by atoms with Gasteiger partial charge in [-0.2, -0.15) is 0 Å². The van der Waals surface area contributed by atoms with Gasteiger partial charge in [-0.25, -0.2) is 0 Å². The lowest BCUT2D eigenvalue weighted by atomic mass is 9.86. The first kappa shape index (κ1) is 58.1. The molecule has 0 radical (unpaired) electrons. The molecule has 0 unspecified atom stereocenters. The maximum Gasteiger partial charge on any atom is 0.236 e. The quantitative estimate of drug-likeness (QED) is 0.0868. The van der Waals surface area contributed by atoms with Crippen LogP contribution < -0.4 is 44.2 Å². The van der Waals surface area contributed by atoms with Gasteiger partial charge in [0.15, 0.2) is 23.1 Å². The van der Waals surface area contributed by atoms with Crippen LogP contribution in [-0.4, -0.2) is 118 Å². The zero-order chi connectivity index (χ0) is 53.9. The first-order valence-electron chi connectivity index (χ1n) is 24.6. The highest BCUT2D eigenvalue weighted by molar-refractivity contribution is 5.99. The van der Waals surface area contributed by atoms with Gasteiger partial charge in [-0.3, -0.25) is 57.5 Å². The Morgan fingerprint density at radius 1 is 0.795 bits per heavy atom. The summed E-state index contributed by atoms with van der Waals surface area (Å²) in [6.45, 7) is 2.49. The van der Waals surface area contributed by atoms with Crippen molar-refractivity contribution in [3.05, 3.63) is 59.7 Å². The van der Waals surface area contributed by atoms with Crippen LogP contribution in [0.25, 0.3) is 0 Å². The smallest absolute Gasteiger partial charge is 0.236 e. The van der Waals surface area contributed by atoms with Crippen molar-refractivity contribution in [2.45, 2.75) is 122 Å². The van der Waals surface area contributed by atoms with E-state index < -0.39 is 163 Å². The van der Waals surface area contributed by atoms with Crippen molar-refractivity contribution >= 4 is 76.1 Å². The molecule has 0 spiro atoms. The van der Waals surface area contributed by atoms with Gasteiger partial charge < -0.3 is 54.2 Å². The second kappa shape index (κ2) is 27.9. The van der Waals surface area contributed by atoms with E-state index in [4.69, 9.17) is 22.9 Å². The number of phenols is 1. The summed E-state index contributed by atoms with van der Waals surface area (Å²) in [7, 11) is 0. The number of likely N-dealkylation sites (tertiary alicyclic amines) is 1. The first-order valence-corrected chi connectivity index (χ1v) is 24.6. The number of hydrogen-bond acceptors (Lipinski definition) is 14. The van der Waals surface area contributed by atoms with Crippen molar-refractivity contribution in [3.8, 4) is 5.75 Å². The van der Waals surface area contributed by atoms with Crippen LogP contribution in [0.2, 0.25) is 0 Å². The van der Waals surface area contributed by atoms with Crippen LogP contribution >= 0.6 is 0 Å². The molecular weight excluding hydrogens is 947 g/mol. The minimum atomic E-state index is -1.67. The number of nitrogens with zero attached hydrogens (tertiary/aromatic N) is 1. The standard InChI is InChI=1S/C51H69N9O13/c1-3-28(2)47-42(65)22-31(10-16-43(53)66)49(71)58-38(25-44(54)67)40(63)23-32(11-17-46(69)56-26-37(62)21-33(50(72)59-47)19-30-8-14-36(61)15-9-30)51(73)60-18-4-5-39(60)41(64)24-34(48(70)57-27-45(55)68)20-29-6-12-35(52)13-7-29/h6-9,12-15,28,31-34,38-39,47,61H,3-5,10-11,16-27,52H2,1-2H3,(H2,53,66)(H2,54,67)(H2,55,68)(H,56,69)(H,57,70)(H,58,71)(H,59,72)/t28-,31+,32+,33+,34+,38-,39-,47-/m0/s1. The van der Waals surface area contributed by atoms with Crippen molar-refractivity contribution < 1.29 is 62.6 Å². The molecule has 2 fully saturated rings. The fourth-order valence-corrected chi connectivity index (χ4v) is 9.10. The number of nitrogens with one attached hydrogen (secondary N) is 4. The number of hydrogen-bond donors (Lipinski definition) is 9. The van der Waals surface area contributed by atoms with Crippen LogP contribution in [0.4, 0.5) is 5.69 Å². The van der Waals surface area contributed by atoms with E-state index in [9.17, 15) is 62.6 Å². The maximum atomic E-state index is 14.7. The molecule has 73 heavy (non-hydrogen) atoms. The molecule has 2 aromatic carbocycles. The van der Waals surface area contributed by atoms with Crippen molar-refractivity contribution in [2.24, 2.45) is 46.8 Å². The third-order valence-corrected chi connectivity index (χ3v) is 13.4. The van der Waals surface area contributed by atoms with Gasteiger partial charge in [-0.1, -0.05) is 44.5 Å². The Kier molecular flexibility index (Phi) is 22.2. The number of rotatable bonds is 18. The number of nitrogens with two attached hydrogens (primary N) is 4. The van der Waals surface area contributed by atoms with E-state index in [1.807, 2.05) is 0 Å². The Labute approximate surface area is 423 Å². The Morgan fingerprint density at radius 2 is 1.45 bits per heavy atom. The summed E-state index contributed by atoms with van der Waals surface area (Å²) >= 11 is 0. The molecule has 22 heteroatoms. The number of aromatic hydroxyl groups is 1. The second-order valence-electron chi connectivity index (χ2n) is 19.2. The molecule has 0 saturated carbocycles. The maximum absolute atomic E-state index is 14.7. The minimum Gasteiger partial charge on any atom is -0.508 e. The molecule has 22 nitrogen and oxygen atoms in total. The van der Waals surface area contributed by atoms with Crippen LogP contribution in [0.5, 0.6) is 5.75 Å². The fraction of sp³-hybridized carbons (Fsp3) is 0.529. The van der Waals surface area contributed by atoms with Crippen molar-refractivity contribution in [1.29, 1.82) is 0 Å². The molecule has 2 aromatic rings. The average Bonchev–Trinajstić information content (AvgIpc) is 3.84. The summed E-state index contributed by atoms with van der Waals surface area (Å²) in [6, 6.07) is 8.58. The molecule has 4 rings (SSSR count). The normalized spacial score (nSPS) is 22.7. The van der Waals surface area contributed by atoms with E-state index in [2.05, 4.69) is 21.3 Å². The van der Waals surface area contributed by atoms with Crippen LogP contribution in [0.3, 0.4) is 0 Å². The van der Waals surface area contributed by atoms with Crippen molar-refractivity contribution in [3.63, 3.8) is 0 Å². The Morgan fingerprint density at radius 3 is 2.08 bits per heavy atom. The monoisotopic (exact) mass is 1020 g/mol. The van der Waals surface area contributed by atoms with Gasteiger partial charge in [0.25, 0.3) is 0 Å². The Balaban J connectivity index is 1.70. The lowest BCUT2D eigenvalue weighted by Gasteiger charge is -2.30. The molecule has 8 amide bonds. The zero-order valence-corrected chi connectivity index (χ0v) is 41.4. The molecule has 2 heterocycles. The largest absolute Gasteiger partial charge is 0.508 e. The number of amides is 8. The van der Waals surface area contributed by atoms with E-state index in [-0.39, 0.29) is 57.2 Å². The van der Waals surface area contributed by atoms with E-state index in [1.165, 1.54) is 17.0 Å². The number of primary amides is 3. The van der Waals surface area contributed by atoms with Gasteiger partial charge in [-0.05, 0) is 79.8 Å². The van der Waals surface area contributed by atoms with Crippen LogP contribution in [-0.2, 0) is 70.4 Å². The summed E-state index contributed by atoms with van der Waals surface area (Å²) in [6.07, 6.45) is -3.21.